The van der Waals surface area contributed by atoms with Crippen molar-refractivity contribution in [3.8, 4) is 0 Å². The molecule has 0 bridgehead atoms. The highest BCUT2D eigenvalue weighted by molar-refractivity contribution is 5.85. The Morgan fingerprint density at radius 1 is 1.50 bits per heavy atom. The molecule has 0 fully saturated rings. The largest absolute Gasteiger partial charge is 0.476 e. The fraction of sp³-hybridized carbons (Fsp3) is 0.333. The Balaban J connectivity index is 1.95. The summed E-state index contributed by atoms with van der Waals surface area (Å²) >= 11 is 0. The second-order valence-corrected chi connectivity index (χ2v) is 4.40. The van der Waals surface area contributed by atoms with Gasteiger partial charge in [0.15, 0.2) is 5.69 Å². The molecule has 1 atom stereocenters. The summed E-state index contributed by atoms with van der Waals surface area (Å²) in [7, 11) is 1.80. The van der Waals surface area contributed by atoms with Crippen LogP contribution in [0.3, 0.4) is 0 Å². The highest BCUT2D eigenvalue weighted by Gasteiger charge is 2.17. The molecule has 1 amide bonds. The fourth-order valence-electron chi connectivity index (χ4n) is 1.69. The zero-order chi connectivity index (χ0) is 14.7. The van der Waals surface area contributed by atoms with Crippen LogP contribution in [0.5, 0.6) is 0 Å². The first-order valence-electron chi connectivity index (χ1n) is 6.01. The summed E-state index contributed by atoms with van der Waals surface area (Å²) in [4.78, 5) is 22.7. The van der Waals surface area contributed by atoms with Crippen molar-refractivity contribution in [2.24, 2.45) is 7.05 Å². The van der Waals surface area contributed by atoms with Crippen LogP contribution in [0.4, 0.5) is 0 Å². The van der Waals surface area contributed by atoms with Crippen LogP contribution in [0.25, 0.3) is 0 Å². The number of carbonyl (C=O) groups excluding carboxylic acids is 1. The summed E-state index contributed by atoms with van der Waals surface area (Å²) in [6.45, 7) is 2.02. The summed E-state index contributed by atoms with van der Waals surface area (Å²) in [5.74, 6) is -1.36. The van der Waals surface area contributed by atoms with Crippen molar-refractivity contribution in [1.82, 2.24) is 24.9 Å². The normalized spacial score (nSPS) is 12.1. The lowest BCUT2D eigenvalue weighted by molar-refractivity contribution is -0.124. The van der Waals surface area contributed by atoms with Gasteiger partial charge in [-0.05, 0) is 13.0 Å². The van der Waals surface area contributed by atoms with Crippen molar-refractivity contribution in [3.63, 3.8) is 0 Å². The maximum absolute atomic E-state index is 12.0. The fourth-order valence-corrected chi connectivity index (χ4v) is 1.69. The summed E-state index contributed by atoms with van der Waals surface area (Å²) in [5, 5.41) is 19.4. The van der Waals surface area contributed by atoms with E-state index >= 15 is 0 Å². The van der Waals surface area contributed by atoms with E-state index in [-0.39, 0.29) is 11.6 Å². The Bertz CT molecular complexity index is 631. The van der Waals surface area contributed by atoms with Gasteiger partial charge >= 0.3 is 5.97 Å². The van der Waals surface area contributed by atoms with Crippen molar-refractivity contribution in [2.75, 3.05) is 0 Å². The van der Waals surface area contributed by atoms with Crippen LogP contribution < -0.4 is 5.32 Å². The van der Waals surface area contributed by atoms with Gasteiger partial charge in [-0.3, -0.25) is 14.2 Å². The minimum atomic E-state index is -1.12. The van der Waals surface area contributed by atoms with Crippen molar-refractivity contribution < 1.29 is 14.7 Å². The van der Waals surface area contributed by atoms with Gasteiger partial charge in [0.25, 0.3) is 0 Å². The molecule has 0 aromatic carbocycles. The summed E-state index contributed by atoms with van der Waals surface area (Å²) in [5.41, 5.74) is 0.802. The number of hydrogen-bond acceptors (Lipinski definition) is 4. The standard InChI is InChI=1S/C12H15N5O3/c1-8(17-4-3-10(15-17)12(19)20)11(18)13-5-9-6-14-16(2)7-9/h3-4,6-8H,5H2,1-2H3,(H,13,18)(H,19,20). The van der Waals surface area contributed by atoms with Gasteiger partial charge in [0.1, 0.15) is 6.04 Å². The lowest BCUT2D eigenvalue weighted by atomic mass is 10.3. The third kappa shape index (κ3) is 3.02. The highest BCUT2D eigenvalue weighted by Crippen LogP contribution is 2.06. The molecule has 1 unspecified atom stereocenters. The lowest BCUT2D eigenvalue weighted by Crippen LogP contribution is -2.30. The molecular formula is C12H15N5O3. The zero-order valence-electron chi connectivity index (χ0n) is 11.1. The third-order valence-corrected chi connectivity index (χ3v) is 2.83. The number of rotatable bonds is 5. The molecule has 20 heavy (non-hydrogen) atoms. The molecule has 2 heterocycles. The van der Waals surface area contributed by atoms with Gasteiger partial charge in [-0.2, -0.15) is 10.2 Å². The van der Waals surface area contributed by atoms with E-state index in [2.05, 4.69) is 15.5 Å². The van der Waals surface area contributed by atoms with Crippen molar-refractivity contribution in [2.45, 2.75) is 19.5 Å². The number of nitrogens with one attached hydrogen (secondary N) is 1. The Kier molecular flexibility index (Phi) is 3.83. The number of amides is 1. The first-order valence-corrected chi connectivity index (χ1v) is 6.01. The topological polar surface area (TPSA) is 102 Å². The van der Waals surface area contributed by atoms with Gasteiger partial charge in [-0.1, -0.05) is 0 Å². The smallest absolute Gasteiger partial charge is 0.356 e. The average Bonchev–Trinajstić information content (AvgIpc) is 3.03. The Morgan fingerprint density at radius 2 is 2.25 bits per heavy atom. The minimum Gasteiger partial charge on any atom is -0.476 e. The van der Waals surface area contributed by atoms with Crippen LogP contribution in [0.2, 0.25) is 0 Å². The van der Waals surface area contributed by atoms with E-state index in [0.717, 1.165) is 5.56 Å². The van der Waals surface area contributed by atoms with E-state index in [1.165, 1.54) is 16.9 Å². The van der Waals surface area contributed by atoms with Crippen LogP contribution in [0, 0.1) is 0 Å². The molecule has 2 N–H and O–H groups in total. The van der Waals surface area contributed by atoms with Gasteiger partial charge in [0.05, 0.1) is 6.20 Å². The Morgan fingerprint density at radius 3 is 2.80 bits per heavy atom. The molecule has 0 aliphatic rings. The number of carbonyl (C=O) groups is 2. The average molecular weight is 277 g/mol. The molecule has 0 aliphatic carbocycles. The maximum Gasteiger partial charge on any atom is 0.356 e. The lowest BCUT2D eigenvalue weighted by Gasteiger charge is -2.12. The first-order chi connectivity index (χ1) is 9.47. The second kappa shape index (κ2) is 5.55. The second-order valence-electron chi connectivity index (χ2n) is 4.40. The summed E-state index contributed by atoms with van der Waals surface area (Å²) in [6.07, 6.45) is 4.94. The van der Waals surface area contributed by atoms with Crippen molar-refractivity contribution in [1.29, 1.82) is 0 Å². The quantitative estimate of drug-likeness (QED) is 0.812. The summed E-state index contributed by atoms with van der Waals surface area (Å²) in [6, 6.07) is 0.771. The Labute approximate surface area is 115 Å². The van der Waals surface area contributed by atoms with Crippen LogP contribution in [-0.2, 0) is 18.4 Å². The number of nitrogens with zero attached hydrogens (tertiary/aromatic N) is 4. The molecule has 0 radical (unpaired) electrons. The van der Waals surface area contributed by atoms with Crippen LogP contribution in [0.1, 0.15) is 29.0 Å². The van der Waals surface area contributed by atoms with Crippen LogP contribution >= 0.6 is 0 Å². The molecule has 0 aliphatic heterocycles. The third-order valence-electron chi connectivity index (χ3n) is 2.83. The van der Waals surface area contributed by atoms with E-state index < -0.39 is 12.0 Å². The molecule has 0 spiro atoms. The van der Waals surface area contributed by atoms with Crippen LogP contribution in [0.15, 0.2) is 24.7 Å². The van der Waals surface area contributed by atoms with E-state index in [1.54, 1.807) is 31.0 Å². The molecule has 2 aromatic rings. The zero-order valence-corrected chi connectivity index (χ0v) is 11.1. The number of aryl methyl sites for hydroxylation is 1. The van der Waals surface area contributed by atoms with Gasteiger partial charge in [-0.25, -0.2) is 4.79 Å². The Hall–Kier alpha value is -2.64. The molecule has 8 nitrogen and oxygen atoms in total. The first kappa shape index (κ1) is 13.8. The highest BCUT2D eigenvalue weighted by atomic mass is 16.4. The number of carboxylic acids is 1. The number of hydrogen-bond donors (Lipinski definition) is 2. The summed E-state index contributed by atoms with van der Waals surface area (Å²) < 4.78 is 2.97. The number of aromatic nitrogens is 4. The minimum absolute atomic E-state index is 0.0862. The number of carboxylic acid groups (broad SMARTS) is 1. The predicted octanol–water partition coefficient (Wildman–Crippen LogP) is 0.192. The van der Waals surface area contributed by atoms with E-state index in [0.29, 0.717) is 6.54 Å². The maximum atomic E-state index is 12.0. The van der Waals surface area contributed by atoms with Gasteiger partial charge in [-0.15, -0.1) is 0 Å². The molecule has 8 heteroatoms. The molecule has 0 saturated carbocycles. The molecule has 106 valence electrons. The van der Waals surface area contributed by atoms with Gasteiger partial charge < -0.3 is 10.4 Å². The van der Waals surface area contributed by atoms with Crippen LogP contribution in [-0.4, -0.2) is 36.5 Å². The molecular weight excluding hydrogens is 262 g/mol. The van der Waals surface area contributed by atoms with E-state index in [4.69, 9.17) is 5.11 Å². The van der Waals surface area contributed by atoms with Crippen molar-refractivity contribution >= 4 is 11.9 Å². The van der Waals surface area contributed by atoms with E-state index in [1.807, 2.05) is 0 Å². The van der Waals surface area contributed by atoms with E-state index in [9.17, 15) is 9.59 Å². The number of aromatic carboxylic acids is 1. The van der Waals surface area contributed by atoms with Gasteiger partial charge in [0.2, 0.25) is 5.91 Å². The molecule has 2 rings (SSSR count). The SMILES string of the molecule is CC(C(=O)NCc1cnn(C)c1)n1ccc(C(=O)O)n1. The van der Waals surface area contributed by atoms with Gasteiger partial charge in [0, 0.05) is 31.5 Å². The molecule has 0 saturated heterocycles. The monoisotopic (exact) mass is 277 g/mol. The van der Waals surface area contributed by atoms with Crippen molar-refractivity contribution in [3.05, 3.63) is 35.9 Å². The predicted molar refractivity (Wildman–Crippen MR) is 69.0 cm³/mol. The molecule has 2 aromatic heterocycles.